The molecule has 0 aliphatic heterocycles. The van der Waals surface area contributed by atoms with Crippen LogP contribution in [0.2, 0.25) is 5.02 Å². The van der Waals surface area contributed by atoms with E-state index in [1.807, 2.05) is 30.3 Å². The molecule has 0 fully saturated rings. The molecule has 24 heavy (non-hydrogen) atoms. The second-order valence-electron chi connectivity index (χ2n) is 5.04. The molecule has 8 heteroatoms. The van der Waals surface area contributed by atoms with Crippen molar-refractivity contribution in [2.45, 2.75) is 0 Å². The largest absolute Gasteiger partial charge is 0.321 e. The number of nitrogens with one attached hydrogen (secondary N) is 2. The first-order valence-corrected chi connectivity index (χ1v) is 8.24. The smallest absolute Gasteiger partial charge is 0.265 e. The Labute approximate surface area is 145 Å². The minimum atomic E-state index is -0.202. The van der Waals surface area contributed by atoms with Crippen LogP contribution < -0.4 is 5.32 Å². The molecule has 0 atom stereocenters. The van der Waals surface area contributed by atoms with Crippen LogP contribution >= 0.6 is 22.9 Å². The summed E-state index contributed by atoms with van der Waals surface area (Å²) in [6.45, 7) is 0. The summed E-state index contributed by atoms with van der Waals surface area (Å²) in [6, 6.07) is 14.9. The third kappa shape index (κ3) is 2.75. The van der Waals surface area contributed by atoms with Gasteiger partial charge in [0.25, 0.3) is 5.91 Å². The lowest BCUT2D eigenvalue weighted by Gasteiger charge is -2.08. The van der Waals surface area contributed by atoms with Gasteiger partial charge in [0.1, 0.15) is 0 Å². The Balaban J connectivity index is 1.69. The van der Waals surface area contributed by atoms with Crippen molar-refractivity contribution in [3.63, 3.8) is 0 Å². The number of fused-ring (bicyclic) bond motifs is 1. The summed E-state index contributed by atoms with van der Waals surface area (Å²) in [7, 11) is 0. The molecule has 4 rings (SSSR count). The maximum Gasteiger partial charge on any atom is 0.265 e. The van der Waals surface area contributed by atoms with Gasteiger partial charge >= 0.3 is 0 Å². The van der Waals surface area contributed by atoms with Crippen LogP contribution in [0.3, 0.4) is 0 Å². The second kappa shape index (κ2) is 6.03. The van der Waals surface area contributed by atoms with E-state index < -0.39 is 0 Å². The predicted molar refractivity (Wildman–Crippen MR) is 94.4 cm³/mol. The van der Waals surface area contributed by atoms with Crippen molar-refractivity contribution in [3.05, 3.63) is 58.4 Å². The molecule has 2 N–H and O–H groups in total. The number of rotatable bonds is 3. The van der Waals surface area contributed by atoms with Crippen molar-refractivity contribution in [2.75, 3.05) is 5.32 Å². The van der Waals surface area contributed by atoms with E-state index in [1.165, 1.54) is 11.3 Å². The number of benzene rings is 2. The summed E-state index contributed by atoms with van der Waals surface area (Å²) < 4.78 is 1.06. The number of aromatic amines is 1. The zero-order chi connectivity index (χ0) is 16.5. The molecule has 4 aromatic rings. The number of aromatic nitrogens is 4. The molecule has 0 radical (unpaired) electrons. The highest BCUT2D eigenvalue weighted by molar-refractivity contribution is 7.20. The van der Waals surface area contributed by atoms with Crippen molar-refractivity contribution in [1.82, 2.24) is 20.6 Å². The van der Waals surface area contributed by atoms with E-state index in [2.05, 4.69) is 25.9 Å². The van der Waals surface area contributed by atoms with Crippen LogP contribution in [0.1, 0.15) is 9.67 Å². The first kappa shape index (κ1) is 14.8. The third-order valence-corrected chi connectivity index (χ3v) is 4.83. The van der Waals surface area contributed by atoms with Crippen molar-refractivity contribution >= 4 is 44.6 Å². The van der Waals surface area contributed by atoms with Gasteiger partial charge in [0.2, 0.25) is 0 Å². The number of carbonyl (C=O) groups is 1. The van der Waals surface area contributed by atoms with Gasteiger partial charge in [0, 0.05) is 15.3 Å². The molecule has 0 saturated heterocycles. The number of hydrogen-bond donors (Lipinski definition) is 2. The van der Waals surface area contributed by atoms with Gasteiger partial charge in [-0.05, 0) is 46.1 Å². The molecule has 1 amide bonds. The molecule has 0 bridgehead atoms. The molecule has 2 aromatic heterocycles. The van der Waals surface area contributed by atoms with Gasteiger partial charge in [-0.15, -0.1) is 16.4 Å². The lowest BCUT2D eigenvalue weighted by atomic mass is 10.1. The monoisotopic (exact) mass is 355 g/mol. The minimum Gasteiger partial charge on any atom is -0.321 e. The topological polar surface area (TPSA) is 83.6 Å². The van der Waals surface area contributed by atoms with Gasteiger partial charge < -0.3 is 5.32 Å². The second-order valence-corrected chi connectivity index (χ2v) is 6.56. The van der Waals surface area contributed by atoms with E-state index in [0.29, 0.717) is 27.0 Å². The van der Waals surface area contributed by atoms with Crippen molar-refractivity contribution in [2.24, 2.45) is 0 Å². The minimum absolute atomic E-state index is 0.202. The zero-order valence-corrected chi connectivity index (χ0v) is 13.7. The molecule has 0 saturated carbocycles. The Morgan fingerprint density at radius 3 is 2.83 bits per heavy atom. The molecule has 0 unspecified atom stereocenters. The summed E-state index contributed by atoms with van der Waals surface area (Å²) in [5.41, 5.74) is 1.21. The Kier molecular flexibility index (Phi) is 3.72. The normalized spacial score (nSPS) is 10.9. The van der Waals surface area contributed by atoms with Crippen LogP contribution in [0.25, 0.3) is 21.5 Å². The first-order chi connectivity index (χ1) is 11.7. The average Bonchev–Trinajstić information content (AvgIpc) is 3.24. The summed E-state index contributed by atoms with van der Waals surface area (Å²) in [5.74, 6) is 0.255. The fourth-order valence-corrected chi connectivity index (χ4v) is 3.51. The zero-order valence-electron chi connectivity index (χ0n) is 12.2. The van der Waals surface area contributed by atoms with Gasteiger partial charge in [0.15, 0.2) is 5.82 Å². The summed E-state index contributed by atoms with van der Waals surface area (Å²) >= 11 is 7.50. The van der Waals surface area contributed by atoms with Gasteiger partial charge in [0.05, 0.1) is 10.6 Å². The van der Waals surface area contributed by atoms with Crippen LogP contribution in [0.4, 0.5) is 5.69 Å². The number of thiophene rings is 1. The Hall–Kier alpha value is -2.77. The van der Waals surface area contributed by atoms with Crippen molar-refractivity contribution in [1.29, 1.82) is 0 Å². The van der Waals surface area contributed by atoms with E-state index in [-0.39, 0.29) is 5.91 Å². The molecule has 2 heterocycles. The lowest BCUT2D eigenvalue weighted by Crippen LogP contribution is -2.11. The van der Waals surface area contributed by atoms with E-state index in [4.69, 9.17) is 11.6 Å². The maximum atomic E-state index is 12.6. The third-order valence-electron chi connectivity index (χ3n) is 3.48. The van der Waals surface area contributed by atoms with Gasteiger partial charge in [-0.2, -0.15) is 0 Å². The molecular formula is C16H10ClN5OS. The maximum absolute atomic E-state index is 12.6. The van der Waals surface area contributed by atoms with Crippen LogP contribution in [-0.4, -0.2) is 26.5 Å². The molecule has 118 valence electrons. The Bertz CT molecular complexity index is 995. The fraction of sp³-hybridized carbons (Fsp3) is 0. The standard InChI is InChI=1S/C16H10ClN5OS/c17-10-5-6-11(15-19-21-22-20-15)12(8-10)18-16(23)14-7-9-3-1-2-4-13(9)24-14/h1-8H,(H,18,23)(H,19,20,21,22). The van der Waals surface area contributed by atoms with Gasteiger partial charge in [-0.3, -0.25) is 4.79 Å². The molecule has 6 nitrogen and oxygen atoms in total. The fourth-order valence-electron chi connectivity index (χ4n) is 2.38. The lowest BCUT2D eigenvalue weighted by molar-refractivity contribution is 0.103. The number of H-pyrrole nitrogens is 1. The molecule has 0 spiro atoms. The molecule has 0 aliphatic carbocycles. The molecule has 0 aliphatic rings. The average molecular weight is 356 g/mol. The quantitative estimate of drug-likeness (QED) is 0.582. The summed E-state index contributed by atoms with van der Waals surface area (Å²) in [6.07, 6.45) is 0. The molecular weight excluding hydrogens is 346 g/mol. The highest BCUT2D eigenvalue weighted by Gasteiger charge is 2.15. The Morgan fingerprint density at radius 2 is 2.04 bits per heavy atom. The number of tetrazole rings is 1. The number of amides is 1. The number of anilines is 1. The number of halogens is 1. The Morgan fingerprint density at radius 1 is 1.17 bits per heavy atom. The van der Waals surface area contributed by atoms with E-state index in [0.717, 1.165) is 10.1 Å². The predicted octanol–water partition coefficient (Wildman–Crippen LogP) is 3.99. The number of carbonyl (C=O) groups excluding carboxylic acids is 1. The first-order valence-electron chi connectivity index (χ1n) is 7.04. The van der Waals surface area contributed by atoms with Crippen LogP contribution in [0, 0.1) is 0 Å². The summed E-state index contributed by atoms with van der Waals surface area (Å²) in [5, 5.41) is 18.1. The SMILES string of the molecule is O=C(Nc1cc(Cl)ccc1-c1nnn[nH]1)c1cc2ccccc2s1. The van der Waals surface area contributed by atoms with Crippen molar-refractivity contribution < 1.29 is 4.79 Å². The van der Waals surface area contributed by atoms with Crippen molar-refractivity contribution in [3.8, 4) is 11.4 Å². The van der Waals surface area contributed by atoms with E-state index in [1.54, 1.807) is 18.2 Å². The molecule has 2 aromatic carbocycles. The van der Waals surface area contributed by atoms with Gasteiger partial charge in [-0.25, -0.2) is 5.10 Å². The summed E-state index contributed by atoms with van der Waals surface area (Å²) in [4.78, 5) is 13.2. The highest BCUT2D eigenvalue weighted by Crippen LogP contribution is 2.30. The van der Waals surface area contributed by atoms with Gasteiger partial charge in [-0.1, -0.05) is 29.8 Å². The van der Waals surface area contributed by atoms with E-state index in [9.17, 15) is 4.79 Å². The van der Waals surface area contributed by atoms with E-state index >= 15 is 0 Å². The highest BCUT2D eigenvalue weighted by atomic mass is 35.5. The number of hydrogen-bond acceptors (Lipinski definition) is 5. The van der Waals surface area contributed by atoms with Crippen LogP contribution in [0.5, 0.6) is 0 Å². The number of nitrogens with zero attached hydrogens (tertiary/aromatic N) is 3. The van der Waals surface area contributed by atoms with Crippen LogP contribution in [0.15, 0.2) is 48.5 Å². The van der Waals surface area contributed by atoms with Crippen LogP contribution in [-0.2, 0) is 0 Å².